The van der Waals surface area contributed by atoms with Gasteiger partial charge < -0.3 is 15.0 Å². The fourth-order valence-corrected chi connectivity index (χ4v) is 3.47. The third-order valence-corrected chi connectivity index (χ3v) is 5.19. The second-order valence-corrected chi connectivity index (χ2v) is 7.08. The van der Waals surface area contributed by atoms with Crippen LogP contribution in [-0.2, 0) is 11.2 Å². The van der Waals surface area contributed by atoms with Gasteiger partial charge in [0.1, 0.15) is 0 Å². The van der Waals surface area contributed by atoms with Crippen LogP contribution in [0.2, 0.25) is 0 Å². The lowest BCUT2D eigenvalue weighted by molar-refractivity contribution is 0.0636. The Balaban J connectivity index is 1.69. The molecule has 1 aliphatic heterocycles. The van der Waals surface area contributed by atoms with Gasteiger partial charge in [0.05, 0.1) is 5.56 Å². The van der Waals surface area contributed by atoms with Crippen molar-refractivity contribution in [2.75, 3.05) is 19.8 Å². The molecule has 1 saturated heterocycles. The van der Waals surface area contributed by atoms with Crippen molar-refractivity contribution in [1.29, 1.82) is 0 Å². The number of hydrogen-bond acceptors (Lipinski definition) is 4. The minimum atomic E-state index is -0.116. The lowest BCUT2D eigenvalue weighted by atomic mass is 9.96. The molecule has 2 aromatic rings. The van der Waals surface area contributed by atoms with Crippen molar-refractivity contribution in [3.05, 3.63) is 51.7 Å². The van der Waals surface area contributed by atoms with Crippen LogP contribution < -0.4 is 10.9 Å². The summed E-state index contributed by atoms with van der Waals surface area (Å²) < 4.78 is 5.37. The van der Waals surface area contributed by atoms with Gasteiger partial charge in [0.15, 0.2) is 0 Å². The standard InChI is InChI=1S/C21H27N3O3/c1-3-16-11-19(14(2)24-21(16)26)17-10-18(13-22-12-17)20(25)23-7-4-15-5-8-27-9-6-15/h10-13,15H,3-9H2,1-2H3,(H,23,25)(H,24,26). The molecule has 1 amide bonds. The van der Waals surface area contributed by atoms with Crippen LogP contribution in [0.4, 0.5) is 0 Å². The minimum absolute atomic E-state index is 0.0614. The summed E-state index contributed by atoms with van der Waals surface area (Å²) in [6.45, 7) is 6.11. The summed E-state index contributed by atoms with van der Waals surface area (Å²) in [7, 11) is 0. The predicted octanol–water partition coefficient (Wildman–Crippen LogP) is 2.85. The molecule has 27 heavy (non-hydrogen) atoms. The summed E-state index contributed by atoms with van der Waals surface area (Å²) in [6.07, 6.45) is 7.06. The van der Waals surface area contributed by atoms with Crippen LogP contribution >= 0.6 is 0 Å². The Kier molecular flexibility index (Phi) is 6.40. The SMILES string of the molecule is CCc1cc(-c2cncc(C(=O)NCCC3CCOCC3)c2)c(C)[nH]c1=O. The van der Waals surface area contributed by atoms with E-state index in [1.54, 1.807) is 12.4 Å². The number of hydrogen-bond donors (Lipinski definition) is 2. The van der Waals surface area contributed by atoms with E-state index in [0.717, 1.165) is 54.9 Å². The molecule has 6 nitrogen and oxygen atoms in total. The Morgan fingerprint density at radius 3 is 2.81 bits per heavy atom. The van der Waals surface area contributed by atoms with E-state index in [1.165, 1.54) is 0 Å². The van der Waals surface area contributed by atoms with Gasteiger partial charge in [-0.1, -0.05) is 6.92 Å². The second kappa shape index (κ2) is 8.95. The zero-order valence-corrected chi connectivity index (χ0v) is 16.0. The number of ether oxygens (including phenoxy) is 1. The average molecular weight is 369 g/mol. The zero-order valence-electron chi connectivity index (χ0n) is 16.0. The highest BCUT2D eigenvalue weighted by Crippen LogP contribution is 2.22. The number of carbonyl (C=O) groups is 1. The van der Waals surface area contributed by atoms with Gasteiger partial charge >= 0.3 is 0 Å². The molecule has 3 rings (SSSR count). The Hall–Kier alpha value is -2.47. The Morgan fingerprint density at radius 1 is 1.30 bits per heavy atom. The number of carbonyl (C=O) groups excluding carboxylic acids is 1. The lowest BCUT2D eigenvalue weighted by Crippen LogP contribution is -2.27. The molecule has 0 aliphatic carbocycles. The first-order valence-electron chi connectivity index (χ1n) is 9.62. The van der Waals surface area contributed by atoms with E-state index in [4.69, 9.17) is 4.74 Å². The maximum Gasteiger partial charge on any atom is 0.252 e. The normalized spacial score (nSPS) is 14.9. The maximum absolute atomic E-state index is 12.5. The monoisotopic (exact) mass is 369 g/mol. The van der Waals surface area contributed by atoms with E-state index in [9.17, 15) is 9.59 Å². The van der Waals surface area contributed by atoms with Crippen LogP contribution in [0, 0.1) is 12.8 Å². The second-order valence-electron chi connectivity index (χ2n) is 7.08. The highest BCUT2D eigenvalue weighted by Gasteiger charge is 2.15. The summed E-state index contributed by atoms with van der Waals surface area (Å²) >= 11 is 0. The Labute approximate surface area is 159 Å². The van der Waals surface area contributed by atoms with Crippen molar-refractivity contribution in [1.82, 2.24) is 15.3 Å². The molecule has 0 radical (unpaired) electrons. The van der Waals surface area contributed by atoms with E-state index < -0.39 is 0 Å². The van der Waals surface area contributed by atoms with E-state index in [1.807, 2.05) is 26.0 Å². The third kappa shape index (κ3) is 4.83. The number of nitrogens with one attached hydrogen (secondary N) is 2. The van der Waals surface area contributed by atoms with Gasteiger partial charge in [0.2, 0.25) is 0 Å². The highest BCUT2D eigenvalue weighted by molar-refractivity contribution is 5.95. The van der Waals surface area contributed by atoms with Crippen LogP contribution in [0.5, 0.6) is 0 Å². The molecule has 3 heterocycles. The van der Waals surface area contributed by atoms with Gasteiger partial charge in [-0.05, 0) is 50.7 Å². The summed E-state index contributed by atoms with van der Waals surface area (Å²) in [5.41, 5.74) is 3.70. The number of aromatic nitrogens is 2. The van der Waals surface area contributed by atoms with Crippen molar-refractivity contribution in [3.8, 4) is 11.1 Å². The first-order chi connectivity index (χ1) is 13.1. The summed E-state index contributed by atoms with van der Waals surface area (Å²) in [6, 6.07) is 3.72. The molecule has 0 aromatic carbocycles. The van der Waals surface area contributed by atoms with Crippen LogP contribution in [-0.4, -0.2) is 35.6 Å². The van der Waals surface area contributed by atoms with Gasteiger partial charge in [-0.25, -0.2) is 0 Å². The van der Waals surface area contributed by atoms with Crippen LogP contribution in [0.3, 0.4) is 0 Å². The largest absolute Gasteiger partial charge is 0.381 e. The highest BCUT2D eigenvalue weighted by atomic mass is 16.5. The number of aryl methyl sites for hydroxylation is 2. The molecule has 0 unspecified atom stereocenters. The first-order valence-corrected chi connectivity index (χ1v) is 9.62. The summed E-state index contributed by atoms with van der Waals surface area (Å²) in [4.78, 5) is 31.5. The molecule has 2 aromatic heterocycles. The van der Waals surface area contributed by atoms with Crippen LogP contribution in [0.15, 0.2) is 29.3 Å². The molecule has 6 heteroatoms. The quantitative estimate of drug-likeness (QED) is 0.820. The Bertz CT molecular complexity index is 854. The number of H-pyrrole nitrogens is 1. The third-order valence-electron chi connectivity index (χ3n) is 5.19. The van der Waals surface area contributed by atoms with Gasteiger partial charge in [-0.15, -0.1) is 0 Å². The van der Waals surface area contributed by atoms with Crippen LogP contribution in [0.25, 0.3) is 11.1 Å². The van der Waals surface area contributed by atoms with Crippen molar-refractivity contribution in [2.24, 2.45) is 5.92 Å². The van der Waals surface area contributed by atoms with Crippen LogP contribution in [0.1, 0.15) is 47.8 Å². The number of aromatic amines is 1. The van der Waals surface area contributed by atoms with Crippen molar-refractivity contribution in [3.63, 3.8) is 0 Å². The molecule has 0 bridgehead atoms. The molecule has 0 saturated carbocycles. The molecule has 144 valence electrons. The van der Waals surface area contributed by atoms with E-state index in [2.05, 4.69) is 15.3 Å². The number of amides is 1. The van der Waals surface area contributed by atoms with E-state index >= 15 is 0 Å². The zero-order chi connectivity index (χ0) is 19.2. The van der Waals surface area contributed by atoms with Crippen molar-refractivity contribution < 1.29 is 9.53 Å². The molecule has 2 N–H and O–H groups in total. The number of nitrogens with zero attached hydrogens (tertiary/aromatic N) is 1. The fourth-order valence-electron chi connectivity index (χ4n) is 3.47. The Morgan fingerprint density at radius 2 is 2.07 bits per heavy atom. The molecule has 0 spiro atoms. The maximum atomic E-state index is 12.5. The first kappa shape index (κ1) is 19.3. The van der Waals surface area contributed by atoms with Crippen molar-refractivity contribution >= 4 is 5.91 Å². The minimum Gasteiger partial charge on any atom is -0.381 e. The summed E-state index contributed by atoms with van der Waals surface area (Å²) in [5, 5.41) is 2.99. The smallest absolute Gasteiger partial charge is 0.252 e. The van der Waals surface area contributed by atoms with Gasteiger partial charge in [0.25, 0.3) is 11.5 Å². The van der Waals surface area contributed by atoms with E-state index in [-0.39, 0.29) is 11.5 Å². The predicted molar refractivity (Wildman–Crippen MR) is 105 cm³/mol. The number of rotatable bonds is 6. The fraction of sp³-hybridized carbons (Fsp3) is 0.476. The number of pyridine rings is 2. The molecule has 0 atom stereocenters. The van der Waals surface area contributed by atoms with Gasteiger partial charge in [0, 0.05) is 54.5 Å². The van der Waals surface area contributed by atoms with E-state index in [0.29, 0.717) is 24.4 Å². The van der Waals surface area contributed by atoms with Crippen molar-refractivity contribution in [2.45, 2.75) is 39.5 Å². The topological polar surface area (TPSA) is 84.1 Å². The summed E-state index contributed by atoms with van der Waals surface area (Å²) in [5.74, 6) is 0.508. The molecule has 1 fully saturated rings. The average Bonchev–Trinajstić information content (AvgIpc) is 2.69. The van der Waals surface area contributed by atoms with Gasteiger partial charge in [-0.3, -0.25) is 14.6 Å². The molecular weight excluding hydrogens is 342 g/mol. The molecular formula is C21H27N3O3. The molecule has 1 aliphatic rings. The lowest BCUT2D eigenvalue weighted by Gasteiger charge is -2.21. The van der Waals surface area contributed by atoms with Gasteiger partial charge in [-0.2, -0.15) is 0 Å².